The van der Waals surface area contributed by atoms with E-state index in [-0.39, 0.29) is 25.0 Å². The van der Waals surface area contributed by atoms with Crippen molar-refractivity contribution in [2.24, 2.45) is 0 Å². The molecule has 0 saturated heterocycles. The summed E-state index contributed by atoms with van der Waals surface area (Å²) in [6, 6.07) is 11.1. The number of nitrogens with one attached hydrogen (secondary N) is 2. The zero-order valence-electron chi connectivity index (χ0n) is 16.3. The van der Waals surface area contributed by atoms with Gasteiger partial charge in [0, 0.05) is 0 Å². The maximum Gasteiger partial charge on any atom is 0.238 e. The Balaban J connectivity index is 1.89. The van der Waals surface area contributed by atoms with Gasteiger partial charge in [0.25, 0.3) is 0 Å². The van der Waals surface area contributed by atoms with Gasteiger partial charge < -0.3 is 10.6 Å². The molecule has 0 aliphatic rings. The van der Waals surface area contributed by atoms with Crippen LogP contribution in [0.2, 0.25) is 0 Å². The number of carbonyl (C=O) groups excluding carboxylic acids is 2. The molecule has 2 aromatic rings. The van der Waals surface area contributed by atoms with Gasteiger partial charge in [0.05, 0.1) is 24.8 Å². The summed E-state index contributed by atoms with van der Waals surface area (Å²) in [5, 5.41) is 5.12. The zero-order chi connectivity index (χ0) is 21.4. The van der Waals surface area contributed by atoms with Crippen LogP contribution in [-0.4, -0.2) is 36.9 Å². The predicted molar refractivity (Wildman–Crippen MR) is 105 cm³/mol. The van der Waals surface area contributed by atoms with Crippen molar-refractivity contribution in [3.8, 4) is 0 Å². The van der Waals surface area contributed by atoms with Gasteiger partial charge in [0.2, 0.25) is 11.8 Å². The van der Waals surface area contributed by atoms with Crippen LogP contribution in [0.15, 0.2) is 42.5 Å². The van der Waals surface area contributed by atoms with Gasteiger partial charge in [-0.1, -0.05) is 43.7 Å². The molecule has 29 heavy (non-hydrogen) atoms. The van der Waals surface area contributed by atoms with Crippen molar-refractivity contribution in [3.63, 3.8) is 0 Å². The van der Waals surface area contributed by atoms with Crippen molar-refractivity contribution >= 4 is 17.5 Å². The Morgan fingerprint density at radius 2 is 1.62 bits per heavy atom. The quantitative estimate of drug-likeness (QED) is 0.624. The number of rotatable bonds is 9. The fraction of sp³-hybridized carbons (Fsp3) is 0.333. The van der Waals surface area contributed by atoms with E-state index in [4.69, 9.17) is 0 Å². The number of hydrogen-bond acceptors (Lipinski definition) is 3. The molecular weight excluding hydrogens is 383 g/mol. The largest absolute Gasteiger partial charge is 0.348 e. The van der Waals surface area contributed by atoms with E-state index >= 15 is 0 Å². The molecule has 0 unspecified atom stereocenters. The van der Waals surface area contributed by atoms with E-state index in [1.54, 1.807) is 7.05 Å². The van der Waals surface area contributed by atoms with Crippen molar-refractivity contribution in [1.82, 2.24) is 10.2 Å². The van der Waals surface area contributed by atoms with Crippen LogP contribution >= 0.6 is 0 Å². The minimum atomic E-state index is -1.65. The van der Waals surface area contributed by atoms with Gasteiger partial charge in [0.1, 0.15) is 0 Å². The van der Waals surface area contributed by atoms with Crippen LogP contribution in [0.3, 0.4) is 0 Å². The second kappa shape index (κ2) is 10.6. The summed E-state index contributed by atoms with van der Waals surface area (Å²) < 4.78 is 39.8. The Labute approximate surface area is 167 Å². The van der Waals surface area contributed by atoms with E-state index in [1.165, 1.54) is 4.90 Å². The summed E-state index contributed by atoms with van der Waals surface area (Å²) in [4.78, 5) is 25.8. The van der Waals surface area contributed by atoms with E-state index in [0.717, 1.165) is 30.5 Å². The monoisotopic (exact) mass is 407 g/mol. The van der Waals surface area contributed by atoms with Crippen molar-refractivity contribution in [3.05, 3.63) is 65.5 Å². The maximum atomic E-state index is 13.6. The Hall–Kier alpha value is -2.87. The highest BCUT2D eigenvalue weighted by molar-refractivity contribution is 5.92. The molecule has 0 radical (unpaired) electrons. The van der Waals surface area contributed by atoms with E-state index in [2.05, 4.69) is 10.6 Å². The van der Waals surface area contributed by atoms with Crippen LogP contribution in [0.25, 0.3) is 0 Å². The molecule has 0 fully saturated rings. The van der Waals surface area contributed by atoms with E-state index in [9.17, 15) is 22.8 Å². The number of anilines is 1. The summed E-state index contributed by atoms with van der Waals surface area (Å²) in [6.45, 7) is 1.74. The van der Waals surface area contributed by atoms with Gasteiger partial charge in [-0.05, 0) is 31.2 Å². The van der Waals surface area contributed by atoms with Gasteiger partial charge in [0.15, 0.2) is 17.5 Å². The molecular formula is C21H24F3N3O2. The van der Waals surface area contributed by atoms with E-state index < -0.39 is 29.0 Å². The third kappa shape index (κ3) is 6.60. The molecule has 2 aromatic carbocycles. The molecule has 2 amide bonds. The summed E-state index contributed by atoms with van der Waals surface area (Å²) in [5.74, 6) is -5.38. The highest BCUT2D eigenvalue weighted by atomic mass is 19.2. The fourth-order valence-electron chi connectivity index (χ4n) is 2.89. The Kier molecular flexibility index (Phi) is 8.21. The topological polar surface area (TPSA) is 61.4 Å². The van der Waals surface area contributed by atoms with E-state index in [0.29, 0.717) is 0 Å². The third-order valence-corrected chi connectivity index (χ3v) is 4.25. The fourth-order valence-corrected chi connectivity index (χ4v) is 2.89. The number of likely N-dealkylation sites (N-methyl/N-ethyl adjacent to an activating group) is 1. The summed E-state index contributed by atoms with van der Waals surface area (Å²) in [5.41, 5.74) is 0.538. The molecule has 2 rings (SSSR count). The van der Waals surface area contributed by atoms with Crippen LogP contribution in [-0.2, 0) is 9.59 Å². The lowest BCUT2D eigenvalue weighted by Crippen LogP contribution is -2.40. The van der Waals surface area contributed by atoms with Crippen molar-refractivity contribution < 1.29 is 22.8 Å². The molecule has 0 heterocycles. The SMILES string of the molecule is CCC[C@@H](NC(=O)CN(C)CC(=O)Nc1ccc(F)c(F)c1F)c1ccccc1. The van der Waals surface area contributed by atoms with Crippen LogP contribution in [0.4, 0.5) is 18.9 Å². The first-order valence-electron chi connectivity index (χ1n) is 9.28. The molecule has 0 saturated carbocycles. The second-order valence-corrected chi connectivity index (χ2v) is 6.76. The number of amides is 2. The summed E-state index contributed by atoms with van der Waals surface area (Å²) in [6.07, 6.45) is 1.66. The molecule has 5 nitrogen and oxygen atoms in total. The standard InChI is InChI=1S/C21H24F3N3O2/c1-3-7-16(14-8-5-4-6-9-14)25-18(28)12-27(2)13-19(29)26-17-11-10-15(22)20(23)21(17)24/h4-6,8-11,16H,3,7,12-13H2,1-2H3,(H,25,28)(H,26,29)/t16-/m1/s1. The van der Waals surface area contributed by atoms with Gasteiger partial charge in [-0.15, -0.1) is 0 Å². The number of hydrogen-bond donors (Lipinski definition) is 2. The van der Waals surface area contributed by atoms with Gasteiger partial charge >= 0.3 is 0 Å². The third-order valence-electron chi connectivity index (χ3n) is 4.25. The second-order valence-electron chi connectivity index (χ2n) is 6.76. The Bertz CT molecular complexity index is 847. The smallest absolute Gasteiger partial charge is 0.238 e. The lowest BCUT2D eigenvalue weighted by molar-refractivity contribution is -0.123. The lowest BCUT2D eigenvalue weighted by Gasteiger charge is -2.21. The maximum absolute atomic E-state index is 13.6. The minimum Gasteiger partial charge on any atom is -0.348 e. The highest BCUT2D eigenvalue weighted by Gasteiger charge is 2.18. The molecule has 0 spiro atoms. The Morgan fingerprint density at radius 3 is 2.28 bits per heavy atom. The average Bonchev–Trinajstić information content (AvgIpc) is 2.68. The minimum absolute atomic E-state index is 0.0548. The van der Waals surface area contributed by atoms with Crippen LogP contribution < -0.4 is 10.6 Å². The van der Waals surface area contributed by atoms with Crippen molar-refractivity contribution in [2.45, 2.75) is 25.8 Å². The van der Waals surface area contributed by atoms with Crippen LogP contribution in [0.5, 0.6) is 0 Å². The number of benzene rings is 2. The number of halogens is 3. The molecule has 0 aliphatic heterocycles. The molecule has 0 bridgehead atoms. The summed E-state index contributed by atoms with van der Waals surface area (Å²) in [7, 11) is 1.55. The molecule has 156 valence electrons. The Morgan fingerprint density at radius 1 is 0.966 bits per heavy atom. The highest BCUT2D eigenvalue weighted by Crippen LogP contribution is 2.20. The molecule has 8 heteroatoms. The number of nitrogens with zero attached hydrogens (tertiary/aromatic N) is 1. The van der Waals surface area contributed by atoms with E-state index in [1.807, 2.05) is 37.3 Å². The van der Waals surface area contributed by atoms with Gasteiger partial charge in [-0.25, -0.2) is 13.2 Å². The van der Waals surface area contributed by atoms with Gasteiger partial charge in [-0.2, -0.15) is 0 Å². The van der Waals surface area contributed by atoms with Gasteiger partial charge in [-0.3, -0.25) is 14.5 Å². The first-order valence-corrected chi connectivity index (χ1v) is 9.28. The first kappa shape index (κ1) is 22.4. The first-order chi connectivity index (χ1) is 13.8. The normalized spacial score (nSPS) is 11.9. The zero-order valence-corrected chi connectivity index (χ0v) is 16.3. The number of carbonyl (C=O) groups is 2. The van der Waals surface area contributed by atoms with Crippen LogP contribution in [0.1, 0.15) is 31.4 Å². The molecule has 0 aromatic heterocycles. The molecule has 2 N–H and O–H groups in total. The van der Waals surface area contributed by atoms with Crippen molar-refractivity contribution in [2.75, 3.05) is 25.5 Å². The average molecular weight is 407 g/mol. The molecule has 0 aliphatic carbocycles. The van der Waals surface area contributed by atoms with Crippen LogP contribution in [0, 0.1) is 17.5 Å². The lowest BCUT2D eigenvalue weighted by atomic mass is 10.0. The summed E-state index contributed by atoms with van der Waals surface area (Å²) >= 11 is 0. The van der Waals surface area contributed by atoms with Crippen molar-refractivity contribution in [1.29, 1.82) is 0 Å². The predicted octanol–water partition coefficient (Wildman–Crippen LogP) is 3.63. The molecule has 1 atom stereocenters.